The molecule has 0 spiro atoms. The maximum atomic E-state index is 15.3. The second-order valence-corrected chi connectivity index (χ2v) is 36.3. The molecule has 3 aliphatic heterocycles. The zero-order valence-corrected chi connectivity index (χ0v) is 78.6. The normalized spacial score (nSPS) is 18.0. The number of benzene rings is 2. The molecule has 1 aliphatic carbocycles. The van der Waals surface area contributed by atoms with Gasteiger partial charge in [0.25, 0.3) is 11.8 Å². The van der Waals surface area contributed by atoms with Crippen LogP contribution in [-0.4, -0.2) is 290 Å². The number of carboxylic acids is 1. The van der Waals surface area contributed by atoms with Gasteiger partial charge in [-0.05, 0) is 104 Å². The quantitative estimate of drug-likeness (QED) is 0.0213. The van der Waals surface area contributed by atoms with Crippen LogP contribution in [0.4, 0.5) is 20.1 Å². The van der Waals surface area contributed by atoms with Crippen LogP contribution in [0.3, 0.4) is 0 Å². The zero-order valence-electron chi connectivity index (χ0n) is 77.0. The number of anilines is 1. The number of fused-ring (bicyclic) bond motifs is 2. The molecule has 3 fully saturated rings. The number of carbonyl (C=O) groups excluding carboxylic acids is 14. The molecule has 15 N–H and O–H groups in total. The summed E-state index contributed by atoms with van der Waals surface area (Å²) in [6.07, 6.45) is 4.12. The summed E-state index contributed by atoms with van der Waals surface area (Å²) in [7, 11) is 1.82. The Balaban J connectivity index is 0.936. The first-order valence-corrected chi connectivity index (χ1v) is 47.1. The molecule has 0 radical (unpaired) electrons. The molecule has 732 valence electrons. The van der Waals surface area contributed by atoms with Gasteiger partial charge in [0.1, 0.15) is 54.1 Å². The first kappa shape index (κ1) is 107. The molecule has 133 heavy (non-hydrogen) atoms. The maximum absolute atomic E-state index is 15.3. The Morgan fingerprint density at radius 2 is 1.47 bits per heavy atom. The number of likely N-dealkylation sites (N-methyl/N-ethyl adjacent to an activating group) is 2. The summed E-state index contributed by atoms with van der Waals surface area (Å²) in [5, 5.41) is 43.7. The van der Waals surface area contributed by atoms with E-state index in [0.717, 1.165) is 27.6 Å². The van der Waals surface area contributed by atoms with Gasteiger partial charge in [0.2, 0.25) is 53.2 Å². The standard InChI is InChI=1S/C87H128N20O24S2/c1-12-53(6)75(66(126-10)46-72(113)105-35-17-21-65(105)77(127-11)54(7)78(114)97-63(82-91-34-41-132-82)42-55-18-14-13-15-19-55)103(9)83(118)74(52(4)5)99-81(117)76-56-23-25-61(44-56)107(76)87(123)131-49-57-22-24-59(94-79(115)62(20-16-30-92-85(88)121)96-80(116)73(51(2)3)98-68(109)29-38-128-39-37-106-70(111)26-27-71(106)112)43-58(57)48-129-50-60-47-104(102-100-60)36-40-130-86(122)101-133(124,125)93-31-28-67(108)95-64(84(119)120)45-69(110)90-33-32-89-8/h13-15,18-19,22,24,26-27,34,41,43,47,51-54,56,61-66,73-77,89,93H,12,16-17,20-21,23,25,28-33,35-40,42,44-46,48-50H2,1-11H3,(H,90,110)(H,94,115)(H,95,108)(H,96,116)(H,97,114)(H,98,109)(H,99,117)(H,101,122)(H,119,120)(H3,88,92,121)/p+1/t53-,54+,56-,61+,62-,63-,64-,65-,66+,73-,74-,75-,76-,77+/m0/s1. The van der Waals surface area contributed by atoms with Crippen molar-refractivity contribution in [2.75, 3.05) is 92.7 Å². The van der Waals surface area contributed by atoms with Crippen LogP contribution in [0.1, 0.15) is 159 Å². The van der Waals surface area contributed by atoms with Crippen LogP contribution in [0.5, 0.6) is 0 Å². The molecule has 14 atom stereocenters. The van der Waals surface area contributed by atoms with Crippen molar-refractivity contribution in [2.45, 2.75) is 225 Å². The SMILES string of the molecule is CC[C@H](C)[C@@H]([C@@H](CC(=O)N1CCC[C@H]1[C@H](OC)[C@@H](C)C(=O)N[C@@H](Cc1ccccc1)c1nccs1)OC)N(C)C(=O)[C@@H](NC(=O)[C@@H]1[C@H]2CC[C@H](C2)N1C(=O)OCc1ccc(NC(=O)[C@H](CCCNC(N)=O)NC(=O)[C@@H](NC(=O)CCOCCN2C(=O)C=CC2=O)C(C)C)cc1COCc1cn(CCOC(=O)NS(=O)(=O)NCCC(=O)N[C@@H](CC(=O)NCC[NH2+]C)C(=O)O)nn1)C(C)C. The van der Waals surface area contributed by atoms with Crippen molar-refractivity contribution < 1.29 is 119 Å². The molecule has 1 saturated carbocycles. The van der Waals surface area contributed by atoms with Crippen molar-refractivity contribution in [3.8, 4) is 0 Å². The average Bonchev–Trinajstić information content (AvgIpc) is 1.61. The number of piperidine rings is 1. The number of nitrogens with two attached hydrogens (primary N) is 2. The van der Waals surface area contributed by atoms with Crippen molar-refractivity contribution in [3.63, 3.8) is 0 Å². The third kappa shape index (κ3) is 32.3. The molecule has 8 rings (SSSR count). The van der Waals surface area contributed by atoms with Gasteiger partial charge in [-0.3, -0.25) is 62.5 Å². The fourth-order valence-electron chi connectivity index (χ4n) is 16.5. The number of likely N-dealkylation sites (tertiary alicyclic amines) is 2. The third-order valence-electron chi connectivity index (χ3n) is 23.7. The molecule has 2 aromatic heterocycles. The Labute approximate surface area is 776 Å². The van der Waals surface area contributed by atoms with E-state index in [4.69, 9.17) is 34.2 Å². The lowest BCUT2D eigenvalue weighted by atomic mass is 9.89. The predicted molar refractivity (Wildman–Crippen MR) is 479 cm³/mol. The van der Waals surface area contributed by atoms with Crippen molar-refractivity contribution in [1.82, 2.24) is 86.2 Å². The van der Waals surface area contributed by atoms with E-state index in [1.54, 1.807) is 80.8 Å². The van der Waals surface area contributed by atoms with E-state index in [1.165, 1.54) is 53.5 Å². The number of ether oxygens (including phenoxy) is 6. The van der Waals surface area contributed by atoms with Gasteiger partial charge in [-0.15, -0.1) is 16.4 Å². The van der Waals surface area contributed by atoms with Gasteiger partial charge >= 0.3 is 34.4 Å². The van der Waals surface area contributed by atoms with Gasteiger partial charge in [-0.2, -0.15) is 13.1 Å². The monoisotopic (exact) mass is 1900 g/mol. The van der Waals surface area contributed by atoms with Crippen LogP contribution >= 0.6 is 11.3 Å². The summed E-state index contributed by atoms with van der Waals surface area (Å²) in [5.74, 6) is -9.87. The van der Waals surface area contributed by atoms with Gasteiger partial charge in [-0.25, -0.2) is 33.6 Å². The maximum Gasteiger partial charge on any atom is 0.421 e. The smallest absolute Gasteiger partial charge is 0.421 e. The highest BCUT2D eigenvalue weighted by molar-refractivity contribution is 7.88. The van der Waals surface area contributed by atoms with Crippen LogP contribution < -0.4 is 63.0 Å². The molecular weight excluding hydrogens is 1770 g/mol. The van der Waals surface area contributed by atoms with Crippen LogP contribution in [0, 0.1) is 29.6 Å². The topological polar surface area (TPSA) is 585 Å². The van der Waals surface area contributed by atoms with E-state index < -0.39 is 204 Å². The molecule has 2 saturated heterocycles. The Kier molecular flexibility index (Phi) is 42.2. The summed E-state index contributed by atoms with van der Waals surface area (Å²) in [5.41, 5.74) is 7.44. The number of aliphatic carboxylic acids is 1. The lowest BCUT2D eigenvalue weighted by Crippen LogP contribution is -2.81. The number of amides is 15. The van der Waals surface area contributed by atoms with Crippen LogP contribution in [0.15, 0.2) is 78.5 Å². The molecule has 44 nitrogen and oxygen atoms in total. The second kappa shape index (κ2) is 52.7. The zero-order chi connectivity index (χ0) is 97.2. The summed E-state index contributed by atoms with van der Waals surface area (Å²) < 4.78 is 65.4. The number of rotatable bonds is 56. The Morgan fingerprint density at radius 1 is 0.737 bits per heavy atom. The van der Waals surface area contributed by atoms with E-state index in [1.807, 2.05) is 54.3 Å². The number of methoxy groups -OCH3 is 2. The first-order valence-electron chi connectivity index (χ1n) is 44.7. The molecule has 5 heterocycles. The molecule has 15 amide bonds. The predicted octanol–water partition coefficient (Wildman–Crippen LogP) is 0.666. The van der Waals surface area contributed by atoms with Crippen LogP contribution in [0.25, 0.3) is 0 Å². The molecule has 0 unspecified atom stereocenters. The van der Waals surface area contributed by atoms with Gasteiger partial charge < -0.3 is 96.9 Å². The summed E-state index contributed by atoms with van der Waals surface area (Å²) in [6.45, 7) is 11.5. The number of thiazole rings is 1. The number of nitrogens with one attached hydrogen (secondary N) is 10. The molecule has 4 aromatic rings. The minimum Gasteiger partial charge on any atom is -0.480 e. The Bertz CT molecular complexity index is 4760. The first-order chi connectivity index (χ1) is 63.4. The van der Waals surface area contributed by atoms with E-state index in [-0.39, 0.29) is 113 Å². The van der Waals surface area contributed by atoms with E-state index >= 15 is 9.59 Å². The van der Waals surface area contributed by atoms with Crippen molar-refractivity contribution in [1.29, 1.82) is 0 Å². The number of carboxylic acid groups (broad SMARTS) is 1. The highest BCUT2D eigenvalue weighted by atomic mass is 32.2. The lowest BCUT2D eigenvalue weighted by molar-refractivity contribution is -0.624. The molecule has 46 heteroatoms. The number of nitrogens with zero attached hydrogens (tertiary/aromatic N) is 8. The molecule has 2 aromatic carbocycles. The number of primary amides is 1. The van der Waals surface area contributed by atoms with Crippen molar-refractivity contribution >= 4 is 116 Å². The van der Waals surface area contributed by atoms with Crippen molar-refractivity contribution in [2.24, 2.45) is 35.3 Å². The van der Waals surface area contributed by atoms with Gasteiger partial charge in [0.05, 0.1) is 115 Å². The minimum atomic E-state index is -4.61. The number of hydrogen-bond donors (Lipinski definition) is 13. The van der Waals surface area contributed by atoms with E-state index in [0.29, 0.717) is 69.2 Å². The fraction of sp³-hybridized carbons (Fsp3) is 0.609. The summed E-state index contributed by atoms with van der Waals surface area (Å²) >= 11 is 1.45. The number of aromatic nitrogens is 4. The Hall–Kier alpha value is -11.7. The highest BCUT2D eigenvalue weighted by Gasteiger charge is 2.53. The van der Waals surface area contributed by atoms with Crippen LogP contribution in [0.2, 0.25) is 0 Å². The fourth-order valence-corrected chi connectivity index (χ4v) is 17.9. The number of urea groups is 1. The largest absolute Gasteiger partial charge is 0.480 e. The second-order valence-electron chi connectivity index (χ2n) is 33.9. The third-order valence-corrected chi connectivity index (χ3v) is 25.6. The number of imide groups is 1. The molecule has 4 aliphatic rings. The lowest BCUT2D eigenvalue weighted by Gasteiger charge is -2.41. The number of quaternary nitrogens is 1. The molecular formula is C87H129N20O24S2+. The minimum absolute atomic E-state index is 0.00276. The Morgan fingerprint density at radius 3 is 2.14 bits per heavy atom. The van der Waals surface area contributed by atoms with Gasteiger partial charge in [0, 0.05) is 89.2 Å². The van der Waals surface area contributed by atoms with E-state index in [2.05, 4.69) is 57.8 Å². The average molecular weight is 1900 g/mol. The summed E-state index contributed by atoms with van der Waals surface area (Å²) in [4.78, 5) is 211. The number of carbonyl (C=O) groups is 15. The molecule has 2 bridgehead atoms. The summed E-state index contributed by atoms with van der Waals surface area (Å²) in [6, 6.07) is 5.27. The number of hydrogen-bond acceptors (Lipinski definition) is 27. The van der Waals surface area contributed by atoms with Crippen LogP contribution in [-0.2, 0) is 129 Å². The highest BCUT2D eigenvalue weighted by Crippen LogP contribution is 2.43. The van der Waals surface area contributed by atoms with Gasteiger partial charge in [-0.1, -0.05) is 96.5 Å². The van der Waals surface area contributed by atoms with Crippen molar-refractivity contribution in [3.05, 3.63) is 106 Å². The van der Waals surface area contributed by atoms with E-state index in [9.17, 15) is 75.9 Å². The van der Waals surface area contributed by atoms with Gasteiger partial charge in [0.15, 0.2) is 0 Å².